The van der Waals surface area contributed by atoms with Crippen molar-refractivity contribution in [2.45, 2.75) is 116 Å². The van der Waals surface area contributed by atoms with E-state index in [1.807, 2.05) is 0 Å². The number of nitrogens with zero attached hydrogens (tertiary/aromatic N) is 1. The Morgan fingerprint density at radius 1 is 0.640 bits per heavy atom. The van der Waals surface area contributed by atoms with Crippen molar-refractivity contribution in [2.24, 2.45) is 7.05 Å². The van der Waals surface area contributed by atoms with Crippen molar-refractivity contribution >= 4 is 0 Å². The van der Waals surface area contributed by atoms with E-state index < -0.39 is 0 Å². The second-order valence-electron chi connectivity index (χ2n) is 7.93. The van der Waals surface area contributed by atoms with Crippen LogP contribution in [0.1, 0.15) is 115 Å². The van der Waals surface area contributed by atoms with E-state index in [0.717, 1.165) is 0 Å². The number of hydrogen-bond acceptors (Lipinski definition) is 0. The molecule has 0 aliphatic rings. The van der Waals surface area contributed by atoms with Crippen molar-refractivity contribution in [3.63, 3.8) is 0 Å². The predicted molar refractivity (Wildman–Crippen MR) is 111 cm³/mol. The second kappa shape index (κ2) is 16.6. The van der Waals surface area contributed by atoms with Gasteiger partial charge in [-0.3, -0.25) is 0 Å². The molecule has 0 unspecified atom stereocenters. The van der Waals surface area contributed by atoms with E-state index in [1.54, 1.807) is 0 Å². The Balaban J connectivity index is 1.75. The van der Waals surface area contributed by atoms with E-state index >= 15 is 0 Å². The summed E-state index contributed by atoms with van der Waals surface area (Å²) in [6.07, 6.45) is 28.7. The van der Waals surface area contributed by atoms with Gasteiger partial charge in [-0.2, -0.15) is 0 Å². The smallest absolute Gasteiger partial charge is 0.171 e. The highest BCUT2D eigenvalue weighted by molar-refractivity contribution is 5.05. The minimum atomic E-state index is 1.24. The van der Waals surface area contributed by atoms with Crippen molar-refractivity contribution in [3.05, 3.63) is 30.1 Å². The first-order chi connectivity index (χ1) is 12.3. The summed E-state index contributed by atoms with van der Waals surface area (Å²) >= 11 is 0. The summed E-state index contributed by atoms with van der Waals surface area (Å²) in [5.41, 5.74) is 1.48. The van der Waals surface area contributed by atoms with Gasteiger partial charge >= 0.3 is 0 Å². The van der Waals surface area contributed by atoms with Gasteiger partial charge in [0.05, 0.1) is 0 Å². The van der Waals surface area contributed by atoms with E-state index in [0.29, 0.717) is 0 Å². The molecule has 1 aromatic rings. The Hall–Kier alpha value is -0.850. The zero-order valence-electron chi connectivity index (χ0n) is 17.3. The molecule has 1 aromatic heterocycles. The van der Waals surface area contributed by atoms with Crippen LogP contribution >= 0.6 is 0 Å². The summed E-state index contributed by atoms with van der Waals surface area (Å²) in [6.45, 7) is 2.30. The van der Waals surface area contributed by atoms with Crippen LogP contribution in [0.15, 0.2) is 24.5 Å². The molecule has 1 nitrogen and oxygen atoms in total. The largest absolute Gasteiger partial charge is 0.208 e. The van der Waals surface area contributed by atoms with Gasteiger partial charge in [-0.25, -0.2) is 4.57 Å². The molecule has 0 aliphatic carbocycles. The topological polar surface area (TPSA) is 3.88 Å². The standard InChI is InChI=1S/C24H44N/c1-3-4-5-6-7-8-9-10-11-12-13-14-15-16-17-18-20-24-21-19-22-25(2)23-24/h19,21-23H,3-18,20H2,1-2H3/q+1. The molecule has 0 aromatic carbocycles. The van der Waals surface area contributed by atoms with Crippen LogP contribution in [0.25, 0.3) is 0 Å². The van der Waals surface area contributed by atoms with Gasteiger partial charge in [-0.15, -0.1) is 0 Å². The molecule has 144 valence electrons. The van der Waals surface area contributed by atoms with E-state index in [-0.39, 0.29) is 0 Å². The monoisotopic (exact) mass is 346 g/mol. The Morgan fingerprint density at radius 3 is 1.52 bits per heavy atom. The fraction of sp³-hybridized carbons (Fsp3) is 0.792. The van der Waals surface area contributed by atoms with E-state index in [2.05, 4.69) is 43.1 Å². The molecule has 0 atom stereocenters. The molecular formula is C24H44N+. The maximum absolute atomic E-state index is 2.30. The van der Waals surface area contributed by atoms with Gasteiger partial charge in [0, 0.05) is 11.6 Å². The average molecular weight is 347 g/mol. The fourth-order valence-electron chi connectivity index (χ4n) is 3.68. The third-order valence-electron chi connectivity index (χ3n) is 5.32. The molecule has 0 radical (unpaired) electrons. The van der Waals surface area contributed by atoms with Gasteiger partial charge in [-0.1, -0.05) is 103 Å². The third-order valence-corrected chi connectivity index (χ3v) is 5.32. The Kier molecular flexibility index (Phi) is 14.7. The SMILES string of the molecule is CCCCCCCCCCCCCCCCCCc1ccc[n+](C)c1. The van der Waals surface area contributed by atoms with Crippen LogP contribution in [0.3, 0.4) is 0 Å². The van der Waals surface area contributed by atoms with Gasteiger partial charge in [0.15, 0.2) is 12.4 Å². The molecule has 0 amide bonds. The Labute approximate surface area is 158 Å². The van der Waals surface area contributed by atoms with Crippen LogP contribution in [0.4, 0.5) is 0 Å². The lowest BCUT2D eigenvalue weighted by atomic mass is 10.0. The van der Waals surface area contributed by atoms with Crippen LogP contribution in [-0.2, 0) is 13.5 Å². The molecule has 1 rings (SSSR count). The molecule has 1 heteroatoms. The Morgan fingerprint density at radius 2 is 1.08 bits per heavy atom. The lowest BCUT2D eigenvalue weighted by Gasteiger charge is -2.03. The maximum atomic E-state index is 2.30. The second-order valence-corrected chi connectivity index (χ2v) is 7.93. The molecule has 0 fully saturated rings. The number of aryl methyl sites for hydroxylation is 2. The first-order valence-corrected chi connectivity index (χ1v) is 11.3. The number of aromatic nitrogens is 1. The highest BCUT2D eigenvalue weighted by Crippen LogP contribution is 2.14. The van der Waals surface area contributed by atoms with E-state index in [9.17, 15) is 0 Å². The zero-order chi connectivity index (χ0) is 18.0. The van der Waals surface area contributed by atoms with Crippen LogP contribution < -0.4 is 4.57 Å². The number of rotatable bonds is 17. The summed E-state index contributed by atoms with van der Waals surface area (Å²) in [4.78, 5) is 0. The summed E-state index contributed by atoms with van der Waals surface area (Å²) < 4.78 is 2.15. The molecule has 0 bridgehead atoms. The van der Waals surface area contributed by atoms with Gasteiger partial charge in [0.1, 0.15) is 7.05 Å². The summed E-state index contributed by atoms with van der Waals surface area (Å²) in [5.74, 6) is 0. The van der Waals surface area contributed by atoms with Crippen LogP contribution in [-0.4, -0.2) is 0 Å². The number of hydrogen-bond donors (Lipinski definition) is 0. The molecule has 0 spiro atoms. The third kappa shape index (κ3) is 14.0. The van der Waals surface area contributed by atoms with Gasteiger partial charge in [0.2, 0.25) is 0 Å². The van der Waals surface area contributed by atoms with Crippen molar-refractivity contribution in [3.8, 4) is 0 Å². The number of pyridine rings is 1. The van der Waals surface area contributed by atoms with Crippen molar-refractivity contribution in [2.75, 3.05) is 0 Å². The predicted octanol–water partition coefficient (Wildman–Crippen LogP) is 7.32. The fourth-order valence-corrected chi connectivity index (χ4v) is 3.68. The van der Waals surface area contributed by atoms with E-state index in [1.165, 1.54) is 115 Å². The number of unbranched alkanes of at least 4 members (excludes halogenated alkanes) is 15. The molecule has 0 aliphatic heterocycles. The normalized spacial score (nSPS) is 11.1. The summed E-state index contributed by atoms with van der Waals surface area (Å²) in [5, 5.41) is 0. The highest BCUT2D eigenvalue weighted by Gasteiger charge is 1.98. The van der Waals surface area contributed by atoms with Gasteiger partial charge < -0.3 is 0 Å². The van der Waals surface area contributed by atoms with Crippen molar-refractivity contribution < 1.29 is 4.57 Å². The van der Waals surface area contributed by atoms with Crippen molar-refractivity contribution in [1.29, 1.82) is 0 Å². The maximum Gasteiger partial charge on any atom is 0.171 e. The first kappa shape index (κ1) is 22.2. The van der Waals surface area contributed by atoms with Crippen LogP contribution in [0.2, 0.25) is 0 Å². The van der Waals surface area contributed by atoms with Gasteiger partial charge in [-0.05, 0) is 18.9 Å². The van der Waals surface area contributed by atoms with Crippen molar-refractivity contribution in [1.82, 2.24) is 0 Å². The lowest BCUT2D eigenvalue weighted by Crippen LogP contribution is -2.26. The minimum Gasteiger partial charge on any atom is -0.208 e. The molecule has 0 saturated heterocycles. The molecular weight excluding hydrogens is 302 g/mol. The Bertz CT molecular complexity index is 399. The lowest BCUT2D eigenvalue weighted by molar-refractivity contribution is -0.671. The molecule has 0 N–H and O–H groups in total. The molecule has 0 saturated carbocycles. The first-order valence-electron chi connectivity index (χ1n) is 11.3. The molecule has 25 heavy (non-hydrogen) atoms. The quantitative estimate of drug-likeness (QED) is 0.205. The van der Waals surface area contributed by atoms with E-state index in [4.69, 9.17) is 0 Å². The van der Waals surface area contributed by atoms with Gasteiger partial charge in [0.25, 0.3) is 0 Å². The highest BCUT2D eigenvalue weighted by atomic mass is 14.9. The average Bonchev–Trinajstić information content (AvgIpc) is 2.61. The summed E-state index contributed by atoms with van der Waals surface area (Å²) in [6, 6.07) is 4.41. The summed E-state index contributed by atoms with van der Waals surface area (Å²) in [7, 11) is 2.11. The molecule has 1 heterocycles. The minimum absolute atomic E-state index is 1.24. The van der Waals surface area contributed by atoms with Crippen LogP contribution in [0.5, 0.6) is 0 Å². The zero-order valence-corrected chi connectivity index (χ0v) is 17.3. The van der Waals surface area contributed by atoms with Crippen LogP contribution in [0, 0.1) is 0 Å².